The second-order valence-corrected chi connectivity index (χ2v) is 9.31. The molecule has 8 heteroatoms. The van der Waals surface area contributed by atoms with Gasteiger partial charge in [-0.25, -0.2) is 18.2 Å². The maximum atomic E-state index is 12.9. The van der Waals surface area contributed by atoms with Crippen molar-refractivity contribution in [2.75, 3.05) is 7.05 Å². The van der Waals surface area contributed by atoms with Gasteiger partial charge in [-0.15, -0.1) is 0 Å². The third kappa shape index (κ3) is 5.36. The van der Waals surface area contributed by atoms with E-state index in [4.69, 9.17) is 5.14 Å². The fraction of sp³-hybridized carbons (Fsp3) is 0.120. The second kappa shape index (κ2) is 9.40. The summed E-state index contributed by atoms with van der Waals surface area (Å²) in [5.74, 6) is -0.0484. The van der Waals surface area contributed by atoms with E-state index in [9.17, 15) is 13.2 Å². The molecule has 0 saturated carbocycles. The molecule has 4 rings (SSSR count). The lowest BCUT2D eigenvalue weighted by Gasteiger charge is -2.16. The van der Waals surface area contributed by atoms with Crippen LogP contribution in [0.5, 0.6) is 0 Å². The molecule has 4 aromatic rings. The van der Waals surface area contributed by atoms with E-state index in [2.05, 4.69) is 5.10 Å². The van der Waals surface area contributed by atoms with Crippen molar-refractivity contribution in [2.45, 2.75) is 17.9 Å². The smallest absolute Gasteiger partial charge is 0.238 e. The van der Waals surface area contributed by atoms with Gasteiger partial charge in [-0.2, -0.15) is 5.10 Å². The molecule has 1 amide bonds. The molecular weight excluding hydrogens is 436 g/mol. The number of hydrogen-bond donors (Lipinski definition) is 1. The van der Waals surface area contributed by atoms with E-state index < -0.39 is 10.0 Å². The Morgan fingerprint density at radius 1 is 0.939 bits per heavy atom. The molecule has 1 aromatic heterocycles. The highest BCUT2D eigenvalue weighted by Gasteiger charge is 2.17. The molecular formula is C25H24N4O3S. The highest BCUT2D eigenvalue weighted by atomic mass is 32.2. The summed E-state index contributed by atoms with van der Waals surface area (Å²) < 4.78 is 24.9. The SMILES string of the molecule is CN(Cc1ccccc1)C(=O)Cc1cc(-c2ccccc2)n(-c2ccc(S(N)(=O)=O)cc2)n1. The average molecular weight is 461 g/mol. The van der Waals surface area contributed by atoms with Gasteiger partial charge >= 0.3 is 0 Å². The number of carbonyl (C=O) groups excluding carboxylic acids is 1. The highest BCUT2D eigenvalue weighted by Crippen LogP contribution is 2.25. The van der Waals surface area contributed by atoms with Crippen molar-refractivity contribution < 1.29 is 13.2 Å². The first-order chi connectivity index (χ1) is 15.8. The van der Waals surface area contributed by atoms with E-state index >= 15 is 0 Å². The minimum atomic E-state index is -3.79. The number of primary sulfonamides is 1. The van der Waals surface area contributed by atoms with Crippen molar-refractivity contribution >= 4 is 15.9 Å². The summed E-state index contributed by atoms with van der Waals surface area (Å²) in [7, 11) is -2.02. The first-order valence-electron chi connectivity index (χ1n) is 10.4. The molecule has 0 fully saturated rings. The van der Waals surface area contributed by atoms with Crippen LogP contribution in [0.2, 0.25) is 0 Å². The number of nitrogens with zero attached hydrogens (tertiary/aromatic N) is 3. The molecule has 3 aromatic carbocycles. The van der Waals surface area contributed by atoms with Gasteiger partial charge in [-0.1, -0.05) is 60.7 Å². The predicted molar refractivity (Wildman–Crippen MR) is 127 cm³/mol. The number of benzene rings is 3. The number of hydrogen-bond acceptors (Lipinski definition) is 4. The average Bonchev–Trinajstić information content (AvgIpc) is 3.23. The van der Waals surface area contributed by atoms with E-state index in [1.54, 1.807) is 28.8 Å². The Balaban J connectivity index is 1.63. The van der Waals surface area contributed by atoms with Crippen LogP contribution >= 0.6 is 0 Å². The fourth-order valence-electron chi connectivity index (χ4n) is 3.54. The Hall–Kier alpha value is -3.75. The summed E-state index contributed by atoms with van der Waals surface area (Å²) >= 11 is 0. The van der Waals surface area contributed by atoms with Crippen molar-refractivity contribution in [1.29, 1.82) is 0 Å². The monoisotopic (exact) mass is 460 g/mol. The lowest BCUT2D eigenvalue weighted by atomic mass is 10.1. The molecule has 0 bridgehead atoms. The van der Waals surface area contributed by atoms with Crippen molar-refractivity contribution in [3.8, 4) is 16.9 Å². The normalized spacial score (nSPS) is 11.3. The summed E-state index contributed by atoms with van der Waals surface area (Å²) in [6.07, 6.45) is 0.144. The molecule has 2 N–H and O–H groups in total. The minimum absolute atomic E-state index is 0.0256. The van der Waals surface area contributed by atoms with Crippen LogP contribution in [0.4, 0.5) is 0 Å². The second-order valence-electron chi connectivity index (χ2n) is 7.75. The number of rotatable bonds is 7. The molecule has 0 radical (unpaired) electrons. The minimum Gasteiger partial charge on any atom is -0.341 e. The summed E-state index contributed by atoms with van der Waals surface area (Å²) in [5, 5.41) is 9.88. The van der Waals surface area contributed by atoms with Crippen molar-refractivity contribution in [3.63, 3.8) is 0 Å². The van der Waals surface area contributed by atoms with E-state index in [1.165, 1.54) is 12.1 Å². The van der Waals surface area contributed by atoms with Gasteiger partial charge in [0.25, 0.3) is 0 Å². The Bertz CT molecular complexity index is 1350. The van der Waals surface area contributed by atoms with Gasteiger partial charge in [0.2, 0.25) is 15.9 Å². The number of likely N-dealkylation sites (N-methyl/N-ethyl adjacent to an activating group) is 1. The highest BCUT2D eigenvalue weighted by molar-refractivity contribution is 7.89. The van der Waals surface area contributed by atoms with Gasteiger partial charge in [-0.05, 0) is 35.9 Å². The molecule has 0 unspecified atom stereocenters. The Labute approximate surface area is 193 Å². The summed E-state index contributed by atoms with van der Waals surface area (Å²) in [6.45, 7) is 0.515. The molecule has 0 saturated heterocycles. The number of amides is 1. The van der Waals surface area contributed by atoms with Crippen LogP contribution < -0.4 is 5.14 Å². The number of aromatic nitrogens is 2. The number of nitrogens with two attached hydrogens (primary N) is 1. The van der Waals surface area contributed by atoms with Crippen LogP contribution in [0.3, 0.4) is 0 Å². The molecule has 0 aliphatic rings. The van der Waals surface area contributed by atoms with Gasteiger partial charge in [0, 0.05) is 19.2 Å². The van der Waals surface area contributed by atoms with E-state index in [0.29, 0.717) is 17.9 Å². The summed E-state index contributed by atoms with van der Waals surface area (Å²) in [4.78, 5) is 14.6. The third-order valence-electron chi connectivity index (χ3n) is 5.26. The zero-order valence-corrected chi connectivity index (χ0v) is 18.9. The maximum Gasteiger partial charge on any atom is 0.238 e. The largest absolute Gasteiger partial charge is 0.341 e. The van der Waals surface area contributed by atoms with Crippen molar-refractivity contribution in [2.24, 2.45) is 5.14 Å². The fourth-order valence-corrected chi connectivity index (χ4v) is 4.06. The van der Waals surface area contributed by atoms with E-state index in [0.717, 1.165) is 16.8 Å². The molecule has 0 spiro atoms. The summed E-state index contributed by atoms with van der Waals surface area (Å²) in [6, 6.07) is 27.6. The van der Waals surface area contributed by atoms with E-state index in [1.807, 2.05) is 66.7 Å². The number of carbonyl (C=O) groups is 1. The molecule has 0 atom stereocenters. The first-order valence-corrected chi connectivity index (χ1v) is 11.9. The molecule has 7 nitrogen and oxygen atoms in total. The number of sulfonamides is 1. The van der Waals surface area contributed by atoms with Gasteiger partial charge in [-0.3, -0.25) is 4.79 Å². The lowest BCUT2D eigenvalue weighted by Crippen LogP contribution is -2.27. The third-order valence-corrected chi connectivity index (χ3v) is 6.19. The van der Waals surface area contributed by atoms with E-state index in [-0.39, 0.29) is 17.2 Å². The molecule has 33 heavy (non-hydrogen) atoms. The Kier molecular flexibility index (Phi) is 6.39. The van der Waals surface area contributed by atoms with Gasteiger partial charge in [0.05, 0.1) is 28.4 Å². The predicted octanol–water partition coefficient (Wildman–Crippen LogP) is 3.39. The molecule has 1 heterocycles. The molecule has 168 valence electrons. The first kappa shape index (κ1) is 22.4. The molecule has 0 aliphatic heterocycles. The Morgan fingerprint density at radius 2 is 1.55 bits per heavy atom. The van der Waals surface area contributed by atoms with Crippen LogP contribution in [0.25, 0.3) is 16.9 Å². The van der Waals surface area contributed by atoms with Gasteiger partial charge < -0.3 is 4.90 Å². The maximum absolute atomic E-state index is 12.9. The van der Waals surface area contributed by atoms with Crippen molar-refractivity contribution in [1.82, 2.24) is 14.7 Å². The van der Waals surface area contributed by atoms with Crippen LogP contribution in [0, 0.1) is 0 Å². The quantitative estimate of drug-likeness (QED) is 0.457. The summed E-state index contributed by atoms with van der Waals surface area (Å²) in [5.41, 5.74) is 4.06. The van der Waals surface area contributed by atoms with Gasteiger partial charge in [0.15, 0.2) is 0 Å². The topological polar surface area (TPSA) is 98.3 Å². The van der Waals surface area contributed by atoms with Crippen LogP contribution in [0.15, 0.2) is 95.9 Å². The lowest BCUT2D eigenvalue weighted by molar-refractivity contribution is -0.129. The van der Waals surface area contributed by atoms with Crippen LogP contribution in [-0.4, -0.2) is 36.1 Å². The van der Waals surface area contributed by atoms with Crippen LogP contribution in [0.1, 0.15) is 11.3 Å². The van der Waals surface area contributed by atoms with Gasteiger partial charge in [0.1, 0.15) is 0 Å². The zero-order valence-electron chi connectivity index (χ0n) is 18.1. The zero-order chi connectivity index (χ0) is 23.4. The van der Waals surface area contributed by atoms with Crippen LogP contribution in [-0.2, 0) is 27.8 Å². The van der Waals surface area contributed by atoms with Crippen molar-refractivity contribution in [3.05, 3.63) is 102 Å². The standard InChI is InChI=1S/C25H24N4O3S/c1-28(18-19-8-4-2-5-9-19)25(30)17-21-16-24(20-10-6-3-7-11-20)29(27-21)22-12-14-23(15-13-22)33(26,31)32/h2-16H,17-18H2,1H3,(H2,26,31,32). The Morgan fingerprint density at radius 3 is 2.15 bits per heavy atom. The molecule has 0 aliphatic carbocycles.